The van der Waals surface area contributed by atoms with Crippen molar-refractivity contribution in [3.8, 4) is 5.75 Å². The van der Waals surface area contributed by atoms with Crippen LogP contribution in [0.15, 0.2) is 36.4 Å². The van der Waals surface area contributed by atoms with Crippen LogP contribution in [-0.2, 0) is 0 Å². The molecule has 0 spiro atoms. The lowest BCUT2D eigenvalue weighted by atomic mass is 10.1. The lowest BCUT2D eigenvalue weighted by molar-refractivity contribution is 0.321. The highest BCUT2D eigenvalue weighted by Gasteiger charge is 2.02. The Labute approximate surface area is 98.1 Å². The first-order chi connectivity index (χ1) is 7.63. The summed E-state index contributed by atoms with van der Waals surface area (Å²) in [7, 11) is 0. The molecule has 1 rings (SSSR count). The maximum Gasteiger partial charge on any atom is 0.119 e. The van der Waals surface area contributed by atoms with E-state index in [2.05, 4.69) is 13.5 Å². The Hall–Kier alpha value is -1.28. The van der Waals surface area contributed by atoms with Crippen LogP contribution in [0.1, 0.15) is 38.3 Å². The second-order valence-corrected chi connectivity index (χ2v) is 4.14. The van der Waals surface area contributed by atoms with E-state index in [1.54, 1.807) is 0 Å². The van der Waals surface area contributed by atoms with Gasteiger partial charge in [0.2, 0.25) is 0 Å². The first-order valence-corrected chi connectivity index (χ1v) is 5.76. The zero-order valence-electron chi connectivity index (χ0n) is 10.2. The van der Waals surface area contributed by atoms with Gasteiger partial charge in [0.25, 0.3) is 0 Å². The quantitative estimate of drug-likeness (QED) is 0.744. The highest BCUT2D eigenvalue weighted by atomic mass is 16.5. The van der Waals surface area contributed by atoms with E-state index in [1.165, 1.54) is 0 Å². The van der Waals surface area contributed by atoms with Crippen molar-refractivity contribution in [2.45, 2.75) is 32.7 Å². The van der Waals surface area contributed by atoms with E-state index in [1.807, 2.05) is 31.2 Å². The van der Waals surface area contributed by atoms with Gasteiger partial charge in [-0.15, -0.1) is 6.58 Å². The second kappa shape index (κ2) is 6.33. The van der Waals surface area contributed by atoms with Crippen LogP contribution in [0.3, 0.4) is 0 Å². The van der Waals surface area contributed by atoms with E-state index >= 15 is 0 Å². The first-order valence-electron chi connectivity index (χ1n) is 5.76. The molecule has 1 atom stereocenters. The third-order valence-corrected chi connectivity index (χ3v) is 2.55. The number of nitrogens with two attached hydrogens (primary N) is 1. The molecule has 0 radical (unpaired) electrons. The van der Waals surface area contributed by atoms with Crippen LogP contribution in [0.2, 0.25) is 0 Å². The summed E-state index contributed by atoms with van der Waals surface area (Å²) in [5, 5.41) is 0. The fourth-order valence-electron chi connectivity index (χ4n) is 1.39. The minimum absolute atomic E-state index is 0.129. The number of ether oxygens (including phenoxy) is 1. The fraction of sp³-hybridized carbons (Fsp3) is 0.429. The van der Waals surface area contributed by atoms with Crippen molar-refractivity contribution in [2.75, 3.05) is 6.61 Å². The summed E-state index contributed by atoms with van der Waals surface area (Å²) in [6.45, 7) is 8.62. The van der Waals surface area contributed by atoms with Crippen LogP contribution in [0.4, 0.5) is 0 Å². The van der Waals surface area contributed by atoms with Crippen LogP contribution in [-0.4, -0.2) is 6.61 Å². The standard InChI is InChI=1S/C14H21NO/c1-4-14(15)12-5-7-13(8-6-12)16-10-9-11(2)3/h5-8,14H,2,4,9-10,15H2,1,3H3/t14-/m1/s1. The van der Waals surface area contributed by atoms with Crippen LogP contribution in [0.25, 0.3) is 0 Å². The minimum Gasteiger partial charge on any atom is -0.493 e. The Morgan fingerprint density at radius 2 is 2.00 bits per heavy atom. The summed E-state index contributed by atoms with van der Waals surface area (Å²) in [6.07, 6.45) is 1.85. The van der Waals surface area contributed by atoms with E-state index < -0.39 is 0 Å². The van der Waals surface area contributed by atoms with Gasteiger partial charge in [0.05, 0.1) is 6.61 Å². The number of benzene rings is 1. The van der Waals surface area contributed by atoms with Crippen molar-refractivity contribution in [1.29, 1.82) is 0 Å². The molecule has 88 valence electrons. The van der Waals surface area contributed by atoms with Crippen LogP contribution >= 0.6 is 0 Å². The van der Waals surface area contributed by atoms with Crippen molar-refractivity contribution in [2.24, 2.45) is 5.73 Å². The molecule has 1 aromatic rings. The van der Waals surface area contributed by atoms with Crippen molar-refractivity contribution >= 4 is 0 Å². The molecule has 0 saturated carbocycles. The molecule has 0 aliphatic carbocycles. The molecule has 0 amide bonds. The van der Waals surface area contributed by atoms with E-state index in [9.17, 15) is 0 Å². The van der Waals surface area contributed by atoms with Gasteiger partial charge in [-0.1, -0.05) is 24.6 Å². The molecular weight excluding hydrogens is 198 g/mol. The van der Waals surface area contributed by atoms with Gasteiger partial charge in [0.1, 0.15) is 5.75 Å². The zero-order chi connectivity index (χ0) is 12.0. The van der Waals surface area contributed by atoms with Gasteiger partial charge in [-0.2, -0.15) is 0 Å². The summed E-state index contributed by atoms with van der Waals surface area (Å²) in [5.41, 5.74) is 8.24. The molecule has 0 aromatic heterocycles. The minimum atomic E-state index is 0.129. The van der Waals surface area contributed by atoms with Gasteiger partial charge in [0.15, 0.2) is 0 Å². The smallest absolute Gasteiger partial charge is 0.119 e. The number of rotatable bonds is 6. The average Bonchev–Trinajstić information content (AvgIpc) is 2.28. The highest BCUT2D eigenvalue weighted by Crippen LogP contribution is 2.18. The van der Waals surface area contributed by atoms with Crippen LogP contribution in [0, 0.1) is 0 Å². The molecule has 16 heavy (non-hydrogen) atoms. The predicted octanol–water partition coefficient (Wildman–Crippen LogP) is 3.44. The van der Waals surface area contributed by atoms with Gasteiger partial charge >= 0.3 is 0 Å². The summed E-state index contributed by atoms with van der Waals surface area (Å²) in [5.74, 6) is 0.897. The summed E-state index contributed by atoms with van der Waals surface area (Å²) in [6, 6.07) is 8.14. The third kappa shape index (κ3) is 4.07. The summed E-state index contributed by atoms with van der Waals surface area (Å²) >= 11 is 0. The molecule has 0 heterocycles. The van der Waals surface area contributed by atoms with E-state index in [-0.39, 0.29) is 6.04 Å². The van der Waals surface area contributed by atoms with Gasteiger partial charge in [-0.05, 0) is 31.0 Å². The molecule has 0 aliphatic heterocycles. The summed E-state index contributed by atoms with van der Waals surface area (Å²) < 4.78 is 5.58. The monoisotopic (exact) mass is 219 g/mol. The van der Waals surface area contributed by atoms with Crippen LogP contribution < -0.4 is 10.5 Å². The van der Waals surface area contributed by atoms with Gasteiger partial charge in [-0.3, -0.25) is 0 Å². The van der Waals surface area contributed by atoms with Crippen molar-refractivity contribution in [3.63, 3.8) is 0 Å². The fourth-order valence-corrected chi connectivity index (χ4v) is 1.39. The second-order valence-electron chi connectivity index (χ2n) is 4.14. The average molecular weight is 219 g/mol. The van der Waals surface area contributed by atoms with Crippen molar-refractivity contribution < 1.29 is 4.74 Å². The Bertz CT molecular complexity index is 329. The van der Waals surface area contributed by atoms with Crippen molar-refractivity contribution in [1.82, 2.24) is 0 Å². The van der Waals surface area contributed by atoms with Gasteiger partial charge in [0, 0.05) is 12.5 Å². The maximum absolute atomic E-state index is 5.93. The Morgan fingerprint density at radius 1 is 1.38 bits per heavy atom. The first kappa shape index (κ1) is 12.8. The largest absolute Gasteiger partial charge is 0.493 e. The lowest BCUT2D eigenvalue weighted by Gasteiger charge is -2.10. The normalized spacial score (nSPS) is 12.2. The number of hydrogen-bond acceptors (Lipinski definition) is 2. The van der Waals surface area contributed by atoms with E-state index in [0.29, 0.717) is 6.61 Å². The molecule has 0 aliphatic rings. The van der Waals surface area contributed by atoms with Crippen molar-refractivity contribution in [3.05, 3.63) is 42.0 Å². The Balaban J connectivity index is 2.48. The van der Waals surface area contributed by atoms with Gasteiger partial charge < -0.3 is 10.5 Å². The van der Waals surface area contributed by atoms with Crippen LogP contribution in [0.5, 0.6) is 5.75 Å². The zero-order valence-corrected chi connectivity index (χ0v) is 10.2. The van der Waals surface area contributed by atoms with Gasteiger partial charge in [-0.25, -0.2) is 0 Å². The molecule has 0 unspecified atom stereocenters. The summed E-state index contributed by atoms with van der Waals surface area (Å²) in [4.78, 5) is 0. The van der Waals surface area contributed by atoms with E-state index in [4.69, 9.17) is 10.5 Å². The molecule has 0 fully saturated rings. The Morgan fingerprint density at radius 3 is 2.50 bits per heavy atom. The number of hydrogen-bond donors (Lipinski definition) is 1. The lowest BCUT2D eigenvalue weighted by Crippen LogP contribution is -2.08. The molecule has 0 bridgehead atoms. The molecular formula is C14H21NO. The third-order valence-electron chi connectivity index (χ3n) is 2.55. The SMILES string of the molecule is C=C(C)CCOc1ccc([C@H](N)CC)cc1. The molecule has 2 N–H and O–H groups in total. The molecule has 2 nitrogen and oxygen atoms in total. The predicted molar refractivity (Wildman–Crippen MR) is 68.6 cm³/mol. The molecule has 2 heteroatoms. The maximum atomic E-state index is 5.93. The topological polar surface area (TPSA) is 35.2 Å². The highest BCUT2D eigenvalue weighted by molar-refractivity contribution is 5.29. The molecule has 0 saturated heterocycles. The Kier molecular flexibility index (Phi) is 5.06. The molecule has 1 aromatic carbocycles. The van der Waals surface area contributed by atoms with E-state index in [0.717, 1.165) is 29.7 Å².